The Kier molecular flexibility index (Phi) is 6.52. The van der Waals surface area contributed by atoms with E-state index in [4.69, 9.17) is 5.73 Å². The lowest BCUT2D eigenvalue weighted by molar-refractivity contribution is -0.120. The third-order valence-electron chi connectivity index (χ3n) is 3.80. The molecule has 4 nitrogen and oxygen atoms in total. The standard InChI is InChI=1S/C16H27N3O/c1-5-12(3)11-19(6-2)13(4)16(20)18-15-10-8-7-9-14(15)17/h7-10,12-13H,5-6,11,17H2,1-4H3,(H,18,20). The molecule has 1 aromatic rings. The van der Waals surface area contributed by atoms with Gasteiger partial charge in [0.05, 0.1) is 17.4 Å². The van der Waals surface area contributed by atoms with E-state index in [1.807, 2.05) is 25.1 Å². The number of nitrogen functional groups attached to an aromatic ring is 1. The van der Waals surface area contributed by atoms with Gasteiger partial charge in [-0.15, -0.1) is 0 Å². The van der Waals surface area contributed by atoms with Crippen LogP contribution in [0.1, 0.15) is 34.1 Å². The molecule has 0 aliphatic carbocycles. The number of amides is 1. The highest BCUT2D eigenvalue weighted by atomic mass is 16.2. The van der Waals surface area contributed by atoms with E-state index in [1.165, 1.54) is 0 Å². The highest BCUT2D eigenvalue weighted by molar-refractivity contribution is 5.97. The molecule has 0 aromatic heterocycles. The normalized spacial score (nSPS) is 14.1. The van der Waals surface area contributed by atoms with Crippen molar-refractivity contribution in [1.29, 1.82) is 0 Å². The van der Waals surface area contributed by atoms with Gasteiger partial charge < -0.3 is 11.1 Å². The molecule has 1 amide bonds. The summed E-state index contributed by atoms with van der Waals surface area (Å²) >= 11 is 0. The number of nitrogens with two attached hydrogens (primary N) is 1. The average Bonchev–Trinajstić information content (AvgIpc) is 2.46. The van der Waals surface area contributed by atoms with E-state index < -0.39 is 0 Å². The van der Waals surface area contributed by atoms with Gasteiger partial charge in [0.25, 0.3) is 0 Å². The lowest BCUT2D eigenvalue weighted by atomic mass is 10.1. The third-order valence-corrected chi connectivity index (χ3v) is 3.80. The predicted octanol–water partition coefficient (Wildman–Crippen LogP) is 2.96. The molecule has 0 aliphatic heterocycles. The van der Waals surface area contributed by atoms with Gasteiger partial charge in [-0.1, -0.05) is 39.3 Å². The first-order valence-electron chi connectivity index (χ1n) is 7.38. The first-order chi connectivity index (χ1) is 9.49. The molecule has 0 fully saturated rings. The Hall–Kier alpha value is -1.55. The Labute approximate surface area is 122 Å². The summed E-state index contributed by atoms with van der Waals surface area (Å²) in [5.74, 6) is 0.583. The van der Waals surface area contributed by atoms with Gasteiger partial charge in [0.1, 0.15) is 0 Å². The van der Waals surface area contributed by atoms with Gasteiger partial charge in [0.15, 0.2) is 0 Å². The monoisotopic (exact) mass is 277 g/mol. The maximum Gasteiger partial charge on any atom is 0.241 e. The second kappa shape index (κ2) is 7.90. The molecule has 20 heavy (non-hydrogen) atoms. The number of nitrogens with one attached hydrogen (secondary N) is 1. The molecule has 112 valence electrons. The van der Waals surface area contributed by atoms with Crippen molar-refractivity contribution in [3.8, 4) is 0 Å². The minimum atomic E-state index is -0.159. The minimum Gasteiger partial charge on any atom is -0.397 e. The summed E-state index contributed by atoms with van der Waals surface area (Å²) in [7, 11) is 0. The van der Waals surface area contributed by atoms with E-state index in [0.29, 0.717) is 17.3 Å². The summed E-state index contributed by atoms with van der Waals surface area (Å²) < 4.78 is 0. The van der Waals surface area contributed by atoms with E-state index >= 15 is 0 Å². The third kappa shape index (κ3) is 4.53. The molecule has 0 heterocycles. The second-order valence-electron chi connectivity index (χ2n) is 5.35. The molecular weight excluding hydrogens is 250 g/mol. The molecule has 3 N–H and O–H groups in total. The van der Waals surface area contributed by atoms with Crippen molar-refractivity contribution in [3.63, 3.8) is 0 Å². The molecular formula is C16H27N3O. The SMILES string of the molecule is CCC(C)CN(CC)C(C)C(=O)Nc1ccccc1N. The molecule has 2 unspecified atom stereocenters. The van der Waals surface area contributed by atoms with Gasteiger partial charge in [-0.3, -0.25) is 9.69 Å². The zero-order valence-corrected chi connectivity index (χ0v) is 13.0. The maximum absolute atomic E-state index is 12.3. The van der Waals surface area contributed by atoms with E-state index in [9.17, 15) is 4.79 Å². The zero-order valence-electron chi connectivity index (χ0n) is 13.0. The van der Waals surface area contributed by atoms with Gasteiger partial charge in [0, 0.05) is 6.54 Å². The molecule has 0 bridgehead atoms. The molecule has 0 saturated heterocycles. The number of anilines is 2. The molecule has 0 radical (unpaired) electrons. The van der Waals surface area contributed by atoms with Crippen LogP contribution in [0.5, 0.6) is 0 Å². The summed E-state index contributed by atoms with van der Waals surface area (Å²) in [5.41, 5.74) is 7.13. The Balaban J connectivity index is 2.67. The number of carbonyl (C=O) groups is 1. The lowest BCUT2D eigenvalue weighted by Crippen LogP contribution is -2.43. The molecule has 0 spiro atoms. The van der Waals surface area contributed by atoms with Crippen LogP contribution in [-0.2, 0) is 4.79 Å². The Morgan fingerprint density at radius 1 is 1.30 bits per heavy atom. The van der Waals surface area contributed by atoms with Crippen molar-refractivity contribution < 1.29 is 4.79 Å². The minimum absolute atomic E-state index is 0.00643. The van der Waals surface area contributed by atoms with Crippen molar-refractivity contribution >= 4 is 17.3 Å². The predicted molar refractivity (Wildman–Crippen MR) is 85.6 cm³/mol. The van der Waals surface area contributed by atoms with Crippen LogP contribution in [0.2, 0.25) is 0 Å². The van der Waals surface area contributed by atoms with Crippen LogP contribution in [0, 0.1) is 5.92 Å². The van der Waals surface area contributed by atoms with Crippen LogP contribution in [0.25, 0.3) is 0 Å². The summed E-state index contributed by atoms with van der Waals surface area (Å²) in [5, 5.41) is 2.91. The van der Waals surface area contributed by atoms with Gasteiger partial charge >= 0.3 is 0 Å². The molecule has 1 aromatic carbocycles. The van der Waals surface area contributed by atoms with E-state index in [-0.39, 0.29) is 11.9 Å². The van der Waals surface area contributed by atoms with E-state index in [1.54, 1.807) is 6.07 Å². The summed E-state index contributed by atoms with van der Waals surface area (Å²) in [4.78, 5) is 14.5. The number of hydrogen-bond donors (Lipinski definition) is 2. The number of carbonyl (C=O) groups excluding carboxylic acids is 1. The Bertz CT molecular complexity index is 433. The first kappa shape index (κ1) is 16.5. The van der Waals surface area contributed by atoms with Crippen molar-refractivity contribution in [2.45, 2.75) is 40.2 Å². The van der Waals surface area contributed by atoms with Crippen molar-refractivity contribution in [1.82, 2.24) is 4.90 Å². The number of likely N-dealkylation sites (N-methyl/N-ethyl adjacent to an activating group) is 1. The summed E-state index contributed by atoms with van der Waals surface area (Å²) in [6.07, 6.45) is 1.12. The van der Waals surface area contributed by atoms with Gasteiger partial charge in [-0.2, -0.15) is 0 Å². The second-order valence-corrected chi connectivity index (χ2v) is 5.35. The fourth-order valence-corrected chi connectivity index (χ4v) is 2.10. The van der Waals surface area contributed by atoms with Gasteiger partial charge in [-0.25, -0.2) is 0 Å². The van der Waals surface area contributed by atoms with E-state index in [0.717, 1.165) is 19.5 Å². The van der Waals surface area contributed by atoms with Crippen LogP contribution in [0.15, 0.2) is 24.3 Å². The van der Waals surface area contributed by atoms with Gasteiger partial charge in [-0.05, 0) is 31.5 Å². The van der Waals surface area contributed by atoms with Crippen LogP contribution in [-0.4, -0.2) is 29.9 Å². The Morgan fingerprint density at radius 2 is 1.95 bits per heavy atom. The number of benzene rings is 1. The fourth-order valence-electron chi connectivity index (χ4n) is 2.10. The van der Waals surface area contributed by atoms with Crippen molar-refractivity contribution in [2.75, 3.05) is 24.1 Å². The zero-order chi connectivity index (χ0) is 15.1. The topological polar surface area (TPSA) is 58.4 Å². The van der Waals surface area contributed by atoms with Crippen LogP contribution in [0.4, 0.5) is 11.4 Å². The number of rotatable bonds is 7. The average molecular weight is 277 g/mol. The van der Waals surface area contributed by atoms with Gasteiger partial charge in [0.2, 0.25) is 5.91 Å². The largest absolute Gasteiger partial charge is 0.397 e. The smallest absolute Gasteiger partial charge is 0.241 e. The van der Waals surface area contributed by atoms with E-state index in [2.05, 4.69) is 31.0 Å². The van der Waals surface area contributed by atoms with Crippen molar-refractivity contribution in [2.24, 2.45) is 5.92 Å². The number of hydrogen-bond acceptors (Lipinski definition) is 3. The van der Waals surface area contributed by atoms with Crippen LogP contribution < -0.4 is 11.1 Å². The highest BCUT2D eigenvalue weighted by Gasteiger charge is 2.21. The fraction of sp³-hybridized carbons (Fsp3) is 0.562. The first-order valence-corrected chi connectivity index (χ1v) is 7.38. The molecule has 0 aliphatic rings. The number of para-hydroxylation sites is 2. The Morgan fingerprint density at radius 3 is 2.50 bits per heavy atom. The van der Waals surface area contributed by atoms with Crippen LogP contribution >= 0.6 is 0 Å². The maximum atomic E-state index is 12.3. The molecule has 1 rings (SSSR count). The molecule has 4 heteroatoms. The lowest BCUT2D eigenvalue weighted by Gasteiger charge is -2.29. The summed E-state index contributed by atoms with van der Waals surface area (Å²) in [6, 6.07) is 7.18. The van der Waals surface area contributed by atoms with Crippen molar-refractivity contribution in [3.05, 3.63) is 24.3 Å². The molecule has 2 atom stereocenters. The molecule has 0 saturated carbocycles. The quantitative estimate of drug-likeness (QED) is 0.753. The van der Waals surface area contributed by atoms with Crippen LogP contribution in [0.3, 0.4) is 0 Å². The summed E-state index contributed by atoms with van der Waals surface area (Å²) in [6.45, 7) is 10.2. The number of nitrogens with zero attached hydrogens (tertiary/aromatic N) is 1. The highest BCUT2D eigenvalue weighted by Crippen LogP contribution is 2.18.